The van der Waals surface area contributed by atoms with Gasteiger partial charge in [-0.2, -0.15) is 0 Å². The van der Waals surface area contributed by atoms with Crippen LogP contribution in [-0.2, 0) is 0 Å². The molecule has 1 aliphatic heterocycles. The van der Waals surface area contributed by atoms with Crippen molar-refractivity contribution in [2.45, 2.75) is 77.3 Å². The minimum atomic E-state index is 0.898. The molecule has 0 aromatic heterocycles. The first-order chi connectivity index (χ1) is 8.70. The largest absolute Gasteiger partial charge is 0.300 e. The topological polar surface area (TPSA) is 3.24 Å². The summed E-state index contributed by atoms with van der Waals surface area (Å²) in [5.74, 6) is 3.96. The molecule has 2 aliphatic carbocycles. The van der Waals surface area contributed by atoms with Crippen LogP contribution < -0.4 is 0 Å². The van der Waals surface area contributed by atoms with E-state index in [4.69, 9.17) is 0 Å². The molecule has 3 rings (SSSR count). The van der Waals surface area contributed by atoms with E-state index in [9.17, 15) is 0 Å². The summed E-state index contributed by atoms with van der Waals surface area (Å²) in [5.41, 5.74) is 0. The molecule has 1 heterocycles. The minimum Gasteiger partial charge on any atom is -0.300 e. The second kappa shape index (κ2) is 5.15. The van der Waals surface area contributed by atoms with Crippen LogP contribution >= 0.6 is 0 Å². The number of nitrogens with zero attached hydrogens (tertiary/aromatic N) is 1. The molecule has 0 N–H and O–H groups in total. The first-order valence-corrected chi connectivity index (χ1v) is 8.42. The number of hydrogen-bond acceptors (Lipinski definition) is 1. The first kappa shape index (κ1) is 13.0. The molecule has 0 spiro atoms. The maximum Gasteiger partial charge on any atom is 0.0126 e. The van der Waals surface area contributed by atoms with E-state index in [1.165, 1.54) is 51.4 Å². The third-order valence-electron chi connectivity index (χ3n) is 6.37. The van der Waals surface area contributed by atoms with Crippen LogP contribution in [0.25, 0.3) is 0 Å². The smallest absolute Gasteiger partial charge is 0.0126 e. The summed E-state index contributed by atoms with van der Waals surface area (Å²) < 4.78 is 0. The van der Waals surface area contributed by atoms with Gasteiger partial charge in [0, 0.05) is 12.1 Å². The third-order valence-corrected chi connectivity index (χ3v) is 6.37. The molecule has 104 valence electrons. The molecular weight excluding hydrogens is 218 g/mol. The average Bonchev–Trinajstić information content (AvgIpc) is 2.39. The zero-order chi connectivity index (χ0) is 12.7. The van der Waals surface area contributed by atoms with E-state index in [0.29, 0.717) is 0 Å². The van der Waals surface area contributed by atoms with Crippen molar-refractivity contribution in [1.29, 1.82) is 0 Å². The highest BCUT2D eigenvalue weighted by molar-refractivity contribution is 5.01. The number of piperidine rings is 1. The average molecular weight is 249 g/mol. The van der Waals surface area contributed by atoms with Crippen molar-refractivity contribution in [2.24, 2.45) is 23.7 Å². The summed E-state index contributed by atoms with van der Waals surface area (Å²) in [6.45, 7) is 4.99. The van der Waals surface area contributed by atoms with E-state index in [1.807, 2.05) is 0 Å². The monoisotopic (exact) mass is 249 g/mol. The van der Waals surface area contributed by atoms with Crippen molar-refractivity contribution in [3.05, 3.63) is 0 Å². The summed E-state index contributed by atoms with van der Waals surface area (Å²) in [4.78, 5) is 2.83. The Hall–Kier alpha value is -0.0400. The SMILES string of the molecule is CC(C)C1C2CCCCC2N(C)C2CCCCC12. The Morgan fingerprint density at radius 1 is 0.778 bits per heavy atom. The molecule has 0 bridgehead atoms. The van der Waals surface area contributed by atoms with Crippen molar-refractivity contribution in [3.63, 3.8) is 0 Å². The van der Waals surface area contributed by atoms with Crippen LogP contribution in [0.2, 0.25) is 0 Å². The van der Waals surface area contributed by atoms with Gasteiger partial charge in [-0.05, 0) is 56.4 Å². The lowest BCUT2D eigenvalue weighted by atomic mass is 9.59. The molecule has 1 heteroatoms. The maximum absolute atomic E-state index is 2.83. The van der Waals surface area contributed by atoms with E-state index >= 15 is 0 Å². The molecule has 0 aromatic carbocycles. The molecule has 4 unspecified atom stereocenters. The Morgan fingerprint density at radius 2 is 1.22 bits per heavy atom. The molecule has 1 nitrogen and oxygen atoms in total. The van der Waals surface area contributed by atoms with Crippen LogP contribution in [-0.4, -0.2) is 24.0 Å². The summed E-state index contributed by atoms with van der Waals surface area (Å²) in [5, 5.41) is 0. The van der Waals surface area contributed by atoms with Crippen molar-refractivity contribution in [1.82, 2.24) is 4.90 Å². The highest BCUT2D eigenvalue weighted by Gasteiger charge is 2.49. The van der Waals surface area contributed by atoms with E-state index in [1.54, 1.807) is 0 Å². The summed E-state index contributed by atoms with van der Waals surface area (Å²) in [6.07, 6.45) is 11.9. The fourth-order valence-electron chi connectivity index (χ4n) is 5.74. The fourth-order valence-corrected chi connectivity index (χ4v) is 5.74. The summed E-state index contributed by atoms with van der Waals surface area (Å²) in [7, 11) is 2.45. The van der Waals surface area contributed by atoms with Crippen LogP contribution in [0.4, 0.5) is 0 Å². The van der Waals surface area contributed by atoms with Gasteiger partial charge >= 0.3 is 0 Å². The second-order valence-electron chi connectivity index (χ2n) is 7.52. The third kappa shape index (κ3) is 2.03. The first-order valence-electron chi connectivity index (χ1n) is 8.42. The lowest BCUT2D eigenvalue weighted by molar-refractivity contribution is -0.0810. The molecule has 2 saturated carbocycles. The predicted octanol–water partition coefficient (Wildman–Crippen LogP) is 4.32. The van der Waals surface area contributed by atoms with Crippen molar-refractivity contribution in [2.75, 3.05) is 7.05 Å². The van der Waals surface area contributed by atoms with Gasteiger partial charge in [0.15, 0.2) is 0 Å². The predicted molar refractivity (Wildman–Crippen MR) is 77.6 cm³/mol. The zero-order valence-electron chi connectivity index (χ0n) is 12.6. The lowest BCUT2D eigenvalue weighted by Crippen LogP contribution is -2.60. The van der Waals surface area contributed by atoms with E-state index in [2.05, 4.69) is 25.8 Å². The molecule has 18 heavy (non-hydrogen) atoms. The number of rotatable bonds is 1. The Balaban J connectivity index is 1.88. The van der Waals surface area contributed by atoms with Gasteiger partial charge in [-0.25, -0.2) is 0 Å². The molecule has 0 aromatic rings. The van der Waals surface area contributed by atoms with Gasteiger partial charge in [0.2, 0.25) is 0 Å². The fraction of sp³-hybridized carbons (Fsp3) is 1.00. The van der Waals surface area contributed by atoms with E-state index in [0.717, 1.165) is 35.8 Å². The zero-order valence-corrected chi connectivity index (χ0v) is 12.6. The normalized spacial score (nSPS) is 45.7. The maximum atomic E-state index is 2.83. The Morgan fingerprint density at radius 3 is 1.67 bits per heavy atom. The molecule has 4 atom stereocenters. The number of fused-ring (bicyclic) bond motifs is 2. The van der Waals surface area contributed by atoms with Crippen molar-refractivity contribution < 1.29 is 0 Å². The van der Waals surface area contributed by atoms with Gasteiger partial charge in [0.25, 0.3) is 0 Å². The van der Waals surface area contributed by atoms with Gasteiger partial charge in [0.05, 0.1) is 0 Å². The summed E-state index contributed by atoms with van der Waals surface area (Å²) >= 11 is 0. The molecule has 3 aliphatic rings. The Labute approximate surface area is 113 Å². The molecule has 0 radical (unpaired) electrons. The standard InChI is InChI=1S/C17H31N/c1-12(2)17-13-8-4-6-10-15(13)18(3)16-11-7-5-9-14(16)17/h12-17H,4-11H2,1-3H3. The van der Waals surface area contributed by atoms with Crippen LogP contribution in [0.15, 0.2) is 0 Å². The highest BCUT2D eigenvalue weighted by atomic mass is 15.2. The number of likely N-dealkylation sites (tertiary alicyclic amines) is 1. The van der Waals surface area contributed by atoms with E-state index < -0.39 is 0 Å². The summed E-state index contributed by atoms with van der Waals surface area (Å²) in [6, 6.07) is 1.84. The quantitative estimate of drug-likeness (QED) is 0.669. The highest BCUT2D eigenvalue weighted by Crippen LogP contribution is 2.50. The minimum absolute atomic E-state index is 0.898. The van der Waals surface area contributed by atoms with Crippen LogP contribution in [0, 0.1) is 23.7 Å². The van der Waals surface area contributed by atoms with Crippen LogP contribution in [0.5, 0.6) is 0 Å². The molecule has 3 fully saturated rings. The number of hydrogen-bond donors (Lipinski definition) is 0. The van der Waals surface area contributed by atoms with Gasteiger partial charge < -0.3 is 0 Å². The van der Waals surface area contributed by atoms with Gasteiger partial charge in [0.1, 0.15) is 0 Å². The van der Waals surface area contributed by atoms with Crippen LogP contribution in [0.3, 0.4) is 0 Å². The van der Waals surface area contributed by atoms with Gasteiger partial charge in [-0.1, -0.05) is 39.5 Å². The Kier molecular flexibility index (Phi) is 3.71. The Bertz CT molecular complexity index is 261. The molecule has 1 saturated heterocycles. The van der Waals surface area contributed by atoms with Crippen LogP contribution in [0.1, 0.15) is 65.2 Å². The van der Waals surface area contributed by atoms with Gasteiger partial charge in [-0.15, -0.1) is 0 Å². The lowest BCUT2D eigenvalue weighted by Gasteiger charge is -2.57. The van der Waals surface area contributed by atoms with E-state index in [-0.39, 0.29) is 0 Å². The van der Waals surface area contributed by atoms with Crippen molar-refractivity contribution in [3.8, 4) is 0 Å². The van der Waals surface area contributed by atoms with Crippen molar-refractivity contribution >= 4 is 0 Å². The molecular formula is C17H31N. The molecule has 0 amide bonds. The second-order valence-corrected chi connectivity index (χ2v) is 7.52. The van der Waals surface area contributed by atoms with Gasteiger partial charge in [-0.3, -0.25) is 4.90 Å².